The summed E-state index contributed by atoms with van der Waals surface area (Å²) in [4.78, 5) is 30.7. The van der Waals surface area contributed by atoms with E-state index in [2.05, 4.69) is 15.6 Å². The molecule has 3 rings (SSSR count). The predicted octanol–water partition coefficient (Wildman–Crippen LogP) is 1.71. The Hall–Kier alpha value is -3.09. The number of likely N-dealkylation sites (tertiary alicyclic amines) is 1. The van der Waals surface area contributed by atoms with Crippen molar-refractivity contribution in [2.45, 2.75) is 18.9 Å². The molecule has 0 saturated carbocycles. The summed E-state index contributed by atoms with van der Waals surface area (Å²) >= 11 is 0. The van der Waals surface area contributed by atoms with Crippen molar-refractivity contribution in [1.29, 1.82) is 0 Å². The van der Waals surface area contributed by atoms with Gasteiger partial charge in [0.1, 0.15) is 11.6 Å². The normalized spacial score (nSPS) is 16.3. The number of aromatic nitrogens is 1. The van der Waals surface area contributed by atoms with E-state index in [1.807, 2.05) is 24.3 Å². The summed E-state index contributed by atoms with van der Waals surface area (Å²) in [5, 5.41) is 5.85. The average molecular weight is 368 g/mol. The van der Waals surface area contributed by atoms with Crippen LogP contribution in [0.1, 0.15) is 22.3 Å². The summed E-state index contributed by atoms with van der Waals surface area (Å²) in [6, 6.07) is 11.1. The molecule has 2 aromatic rings. The number of nitrogens with one attached hydrogen (secondary N) is 2. The summed E-state index contributed by atoms with van der Waals surface area (Å²) in [6.07, 6.45) is 2.72. The van der Waals surface area contributed by atoms with Gasteiger partial charge in [-0.25, -0.2) is 4.98 Å². The molecule has 7 nitrogen and oxygen atoms in total. The highest BCUT2D eigenvalue weighted by molar-refractivity contribution is 5.99. The number of anilines is 1. The minimum Gasteiger partial charge on any atom is -0.497 e. The first-order chi connectivity index (χ1) is 13.1. The van der Waals surface area contributed by atoms with Gasteiger partial charge in [-0.2, -0.15) is 0 Å². The topological polar surface area (TPSA) is 83.6 Å². The second kappa shape index (κ2) is 8.53. The second-order valence-electron chi connectivity index (χ2n) is 6.46. The quantitative estimate of drug-likeness (QED) is 0.777. The zero-order valence-corrected chi connectivity index (χ0v) is 15.6. The molecule has 2 N–H and O–H groups in total. The molecule has 0 bridgehead atoms. The van der Waals surface area contributed by atoms with Crippen molar-refractivity contribution in [1.82, 2.24) is 15.2 Å². The van der Waals surface area contributed by atoms with Crippen LogP contribution in [0.3, 0.4) is 0 Å². The van der Waals surface area contributed by atoms with Crippen molar-refractivity contribution in [2.24, 2.45) is 0 Å². The Bertz CT molecular complexity index is 807. The SMILES string of the molecule is CNc1ncccc1C(=O)N[C@H]1CC(=O)N(CCc2ccc(OC)cc2)C1. The third-order valence-corrected chi connectivity index (χ3v) is 4.67. The Morgan fingerprint density at radius 3 is 2.78 bits per heavy atom. The van der Waals surface area contributed by atoms with Crippen molar-refractivity contribution in [3.05, 3.63) is 53.7 Å². The number of pyridine rings is 1. The number of benzene rings is 1. The number of hydrogen-bond acceptors (Lipinski definition) is 5. The van der Waals surface area contributed by atoms with Crippen molar-refractivity contribution in [3.8, 4) is 5.75 Å². The van der Waals surface area contributed by atoms with Crippen LogP contribution < -0.4 is 15.4 Å². The number of hydrogen-bond donors (Lipinski definition) is 2. The molecule has 1 atom stereocenters. The summed E-state index contributed by atoms with van der Waals surface area (Å²) in [6.45, 7) is 1.15. The fourth-order valence-corrected chi connectivity index (χ4v) is 3.19. The number of rotatable bonds is 7. The number of ether oxygens (including phenoxy) is 1. The van der Waals surface area contributed by atoms with Crippen molar-refractivity contribution >= 4 is 17.6 Å². The molecule has 2 amide bonds. The van der Waals surface area contributed by atoms with Gasteiger partial charge >= 0.3 is 0 Å². The lowest BCUT2D eigenvalue weighted by Gasteiger charge is -2.17. The van der Waals surface area contributed by atoms with E-state index in [0.717, 1.165) is 17.7 Å². The summed E-state index contributed by atoms with van der Waals surface area (Å²) < 4.78 is 5.15. The van der Waals surface area contributed by atoms with Crippen LogP contribution in [0.4, 0.5) is 5.82 Å². The van der Waals surface area contributed by atoms with Crippen molar-refractivity contribution in [3.63, 3.8) is 0 Å². The molecule has 7 heteroatoms. The first-order valence-electron chi connectivity index (χ1n) is 8.95. The van der Waals surface area contributed by atoms with E-state index in [9.17, 15) is 9.59 Å². The molecule has 1 saturated heterocycles. The molecule has 1 aliphatic rings. The van der Waals surface area contributed by atoms with Crippen molar-refractivity contribution in [2.75, 3.05) is 32.6 Å². The van der Waals surface area contributed by atoms with Gasteiger partial charge in [0.2, 0.25) is 5.91 Å². The number of amides is 2. The molecule has 1 aromatic heterocycles. The van der Waals surface area contributed by atoms with E-state index in [-0.39, 0.29) is 17.9 Å². The third-order valence-electron chi connectivity index (χ3n) is 4.67. The zero-order valence-electron chi connectivity index (χ0n) is 15.6. The molecule has 142 valence electrons. The van der Waals surface area contributed by atoms with Crippen LogP contribution in [-0.4, -0.2) is 55.0 Å². The molecule has 0 unspecified atom stereocenters. The Balaban J connectivity index is 1.54. The van der Waals surface area contributed by atoms with Gasteiger partial charge in [0.25, 0.3) is 5.91 Å². The van der Waals surface area contributed by atoms with Crippen LogP contribution in [0.15, 0.2) is 42.6 Å². The maximum absolute atomic E-state index is 12.5. The highest BCUT2D eigenvalue weighted by atomic mass is 16.5. The third kappa shape index (κ3) is 4.55. The lowest BCUT2D eigenvalue weighted by atomic mass is 10.1. The zero-order chi connectivity index (χ0) is 19.2. The first-order valence-corrected chi connectivity index (χ1v) is 8.95. The van der Waals surface area contributed by atoms with Gasteiger partial charge in [0.05, 0.1) is 18.7 Å². The van der Waals surface area contributed by atoms with Gasteiger partial charge in [-0.15, -0.1) is 0 Å². The minimum atomic E-state index is -0.220. The van der Waals surface area contributed by atoms with Gasteiger partial charge < -0.3 is 20.3 Å². The van der Waals surface area contributed by atoms with E-state index in [1.165, 1.54) is 0 Å². The Morgan fingerprint density at radius 1 is 1.30 bits per heavy atom. The average Bonchev–Trinajstić information content (AvgIpc) is 3.05. The molecular formula is C20H24N4O3. The monoisotopic (exact) mass is 368 g/mol. The summed E-state index contributed by atoms with van der Waals surface area (Å²) in [5.41, 5.74) is 1.62. The molecule has 0 radical (unpaired) electrons. The molecule has 1 aliphatic heterocycles. The van der Waals surface area contributed by atoms with Crippen LogP contribution in [0.25, 0.3) is 0 Å². The molecular weight excluding hydrogens is 344 g/mol. The van der Waals surface area contributed by atoms with Crippen LogP contribution >= 0.6 is 0 Å². The van der Waals surface area contributed by atoms with Crippen LogP contribution in [0.2, 0.25) is 0 Å². The van der Waals surface area contributed by atoms with E-state index in [0.29, 0.717) is 30.9 Å². The molecule has 0 aliphatic carbocycles. The number of methoxy groups -OCH3 is 1. The van der Waals surface area contributed by atoms with Gasteiger partial charge in [-0.1, -0.05) is 12.1 Å². The molecule has 2 heterocycles. The highest BCUT2D eigenvalue weighted by Crippen LogP contribution is 2.16. The molecule has 0 spiro atoms. The maximum atomic E-state index is 12.5. The number of nitrogens with zero attached hydrogens (tertiary/aromatic N) is 2. The van der Waals surface area contributed by atoms with Gasteiger partial charge in [-0.05, 0) is 36.2 Å². The summed E-state index contributed by atoms with van der Waals surface area (Å²) in [5.74, 6) is 1.18. The molecule has 27 heavy (non-hydrogen) atoms. The Kier molecular flexibility index (Phi) is 5.90. The number of carbonyl (C=O) groups excluding carboxylic acids is 2. The lowest BCUT2D eigenvalue weighted by Crippen LogP contribution is -2.37. The first kappa shape index (κ1) is 18.7. The number of carbonyl (C=O) groups is 2. The fourth-order valence-electron chi connectivity index (χ4n) is 3.19. The van der Waals surface area contributed by atoms with Gasteiger partial charge in [0, 0.05) is 32.8 Å². The molecule has 1 fully saturated rings. The Morgan fingerprint density at radius 2 is 2.07 bits per heavy atom. The summed E-state index contributed by atoms with van der Waals surface area (Å²) in [7, 11) is 3.36. The smallest absolute Gasteiger partial charge is 0.255 e. The lowest BCUT2D eigenvalue weighted by molar-refractivity contribution is -0.127. The van der Waals surface area contributed by atoms with Crippen molar-refractivity contribution < 1.29 is 14.3 Å². The molecule has 1 aromatic carbocycles. The van der Waals surface area contributed by atoms with Gasteiger partial charge in [0.15, 0.2) is 0 Å². The second-order valence-corrected chi connectivity index (χ2v) is 6.46. The van der Waals surface area contributed by atoms with E-state index >= 15 is 0 Å². The maximum Gasteiger partial charge on any atom is 0.255 e. The van der Waals surface area contributed by atoms with E-state index < -0.39 is 0 Å². The fraction of sp³-hybridized carbons (Fsp3) is 0.350. The highest BCUT2D eigenvalue weighted by Gasteiger charge is 2.30. The van der Waals surface area contributed by atoms with Gasteiger partial charge in [-0.3, -0.25) is 9.59 Å². The van der Waals surface area contributed by atoms with Crippen LogP contribution in [-0.2, 0) is 11.2 Å². The minimum absolute atomic E-state index is 0.0637. The van der Waals surface area contributed by atoms with Crippen LogP contribution in [0, 0.1) is 0 Å². The van der Waals surface area contributed by atoms with E-state index in [4.69, 9.17) is 4.74 Å². The standard InChI is InChI=1S/C20H24N4O3/c1-21-19-17(4-3-10-22-19)20(26)23-15-12-18(25)24(13-15)11-9-14-5-7-16(27-2)8-6-14/h3-8,10,15H,9,11-13H2,1-2H3,(H,21,22)(H,23,26)/t15-/m0/s1. The van der Waals surface area contributed by atoms with E-state index in [1.54, 1.807) is 37.4 Å². The predicted molar refractivity (Wildman–Crippen MR) is 103 cm³/mol. The largest absolute Gasteiger partial charge is 0.497 e. The Labute approximate surface area is 158 Å². The van der Waals surface area contributed by atoms with Crippen LogP contribution in [0.5, 0.6) is 5.75 Å².